The highest BCUT2D eigenvalue weighted by Gasteiger charge is 2.15. The molecule has 156 valence electrons. The van der Waals surface area contributed by atoms with Gasteiger partial charge in [0.15, 0.2) is 5.78 Å². The molecule has 0 heterocycles. The maximum atomic E-state index is 13.3. The number of ether oxygens (including phenoxy) is 2. The van der Waals surface area contributed by atoms with E-state index in [4.69, 9.17) is 14.6 Å². The molecule has 0 spiro atoms. The molecule has 0 atom stereocenters. The van der Waals surface area contributed by atoms with Crippen molar-refractivity contribution in [3.05, 3.63) is 52.8 Å². The van der Waals surface area contributed by atoms with Crippen LogP contribution in [0, 0.1) is 12.7 Å². The summed E-state index contributed by atoms with van der Waals surface area (Å²) in [6, 6.07) is 6.85. The molecule has 0 saturated carbocycles. The summed E-state index contributed by atoms with van der Waals surface area (Å²) in [7, 11) is 0. The normalized spacial score (nSPS) is 10.6. The minimum absolute atomic E-state index is 0.0465. The molecule has 2 aromatic carbocycles. The number of halogens is 1. The van der Waals surface area contributed by atoms with Crippen molar-refractivity contribution in [2.45, 2.75) is 39.5 Å². The van der Waals surface area contributed by atoms with Crippen LogP contribution >= 0.6 is 0 Å². The zero-order valence-electron chi connectivity index (χ0n) is 16.5. The molecule has 2 N–H and O–H groups in total. The van der Waals surface area contributed by atoms with E-state index < -0.39 is 17.3 Å². The Morgan fingerprint density at radius 1 is 1.03 bits per heavy atom. The molecule has 2 rings (SSSR count). The molecule has 0 aromatic heterocycles. The number of benzene rings is 2. The molecule has 7 heteroatoms. The van der Waals surface area contributed by atoms with Gasteiger partial charge >= 0.3 is 5.97 Å². The van der Waals surface area contributed by atoms with Gasteiger partial charge in [-0.05, 0) is 56.5 Å². The zero-order valence-corrected chi connectivity index (χ0v) is 16.5. The number of carbonyl (C=O) groups is 2. The number of carbonyl (C=O) groups excluding carboxylic acids is 1. The molecule has 0 unspecified atom stereocenters. The van der Waals surface area contributed by atoms with Crippen molar-refractivity contribution in [2.24, 2.45) is 0 Å². The highest BCUT2D eigenvalue weighted by molar-refractivity contribution is 5.99. The van der Waals surface area contributed by atoms with Crippen LogP contribution in [-0.4, -0.2) is 35.2 Å². The molecule has 0 bridgehead atoms. The number of Topliss-reactive ketones (excluding diaryl/α,β-unsaturated/α-hetero) is 1. The highest BCUT2D eigenvalue weighted by Crippen LogP contribution is 2.31. The Bertz CT molecular complexity index is 878. The minimum Gasteiger partial charge on any atom is -0.507 e. The highest BCUT2D eigenvalue weighted by atomic mass is 19.1. The van der Waals surface area contributed by atoms with E-state index in [1.807, 2.05) is 6.92 Å². The Balaban J connectivity index is 1.80. The number of phenolic OH excluding ortho intramolecular Hbond substituents is 1. The van der Waals surface area contributed by atoms with E-state index in [-0.39, 0.29) is 17.3 Å². The van der Waals surface area contributed by atoms with Crippen molar-refractivity contribution < 1.29 is 33.7 Å². The predicted octanol–water partition coefficient (Wildman–Crippen LogP) is 4.76. The molecule has 0 fully saturated rings. The smallest absolute Gasteiger partial charge is 0.338 e. The summed E-state index contributed by atoms with van der Waals surface area (Å²) in [5.74, 6) is -1.49. The van der Waals surface area contributed by atoms with Gasteiger partial charge in [-0.2, -0.15) is 0 Å². The van der Waals surface area contributed by atoms with Gasteiger partial charge in [0.1, 0.15) is 23.1 Å². The Kier molecular flexibility index (Phi) is 8.00. The van der Waals surface area contributed by atoms with Gasteiger partial charge in [0.05, 0.1) is 24.3 Å². The van der Waals surface area contributed by atoms with E-state index in [2.05, 4.69) is 0 Å². The second-order valence-electron chi connectivity index (χ2n) is 6.61. The van der Waals surface area contributed by atoms with Crippen molar-refractivity contribution in [1.82, 2.24) is 0 Å². The van der Waals surface area contributed by atoms with Gasteiger partial charge in [-0.25, -0.2) is 9.18 Å². The van der Waals surface area contributed by atoms with Gasteiger partial charge in [0, 0.05) is 12.0 Å². The van der Waals surface area contributed by atoms with E-state index in [9.17, 15) is 19.1 Å². The lowest BCUT2D eigenvalue weighted by Crippen LogP contribution is -2.06. The molecular formula is C22H25FO6. The maximum Gasteiger partial charge on any atom is 0.338 e. The predicted molar refractivity (Wildman–Crippen MR) is 106 cm³/mol. The lowest BCUT2D eigenvalue weighted by Gasteiger charge is -2.13. The Labute approximate surface area is 168 Å². The van der Waals surface area contributed by atoms with Crippen LogP contribution in [0.4, 0.5) is 4.39 Å². The molecule has 0 aliphatic rings. The average Bonchev–Trinajstić information content (AvgIpc) is 2.68. The molecule has 6 nitrogen and oxygen atoms in total. The lowest BCUT2D eigenvalue weighted by molar-refractivity contribution is 0.0691. The van der Waals surface area contributed by atoms with E-state index in [1.165, 1.54) is 6.07 Å². The third-order valence-corrected chi connectivity index (χ3v) is 4.39. The summed E-state index contributed by atoms with van der Waals surface area (Å²) in [5.41, 5.74) is 0.405. The fraction of sp³-hybridized carbons (Fsp3) is 0.364. The molecular weight excluding hydrogens is 379 g/mol. The number of ketones is 1. The van der Waals surface area contributed by atoms with Crippen LogP contribution in [0.25, 0.3) is 0 Å². The molecule has 0 aliphatic heterocycles. The van der Waals surface area contributed by atoms with E-state index in [0.717, 1.165) is 12.1 Å². The maximum absolute atomic E-state index is 13.3. The van der Waals surface area contributed by atoms with Crippen LogP contribution in [-0.2, 0) is 0 Å². The number of aromatic carboxylic acids is 1. The topological polar surface area (TPSA) is 93.1 Å². The van der Waals surface area contributed by atoms with Gasteiger partial charge in [0.2, 0.25) is 0 Å². The van der Waals surface area contributed by atoms with Crippen molar-refractivity contribution in [3.63, 3.8) is 0 Å². The molecule has 29 heavy (non-hydrogen) atoms. The fourth-order valence-corrected chi connectivity index (χ4v) is 2.76. The van der Waals surface area contributed by atoms with Crippen molar-refractivity contribution in [3.8, 4) is 17.2 Å². The number of hydrogen-bond donors (Lipinski definition) is 2. The third kappa shape index (κ3) is 5.94. The summed E-state index contributed by atoms with van der Waals surface area (Å²) in [6.07, 6.45) is 2.39. The van der Waals surface area contributed by atoms with Crippen molar-refractivity contribution in [1.29, 1.82) is 0 Å². The molecule has 0 radical (unpaired) electrons. The first-order chi connectivity index (χ1) is 13.8. The number of phenols is 1. The largest absolute Gasteiger partial charge is 0.507 e. The van der Waals surface area contributed by atoms with Gasteiger partial charge in [-0.15, -0.1) is 0 Å². The Morgan fingerprint density at radius 3 is 2.38 bits per heavy atom. The number of hydrogen-bond acceptors (Lipinski definition) is 5. The summed E-state index contributed by atoms with van der Waals surface area (Å²) in [6.45, 7) is 4.31. The van der Waals surface area contributed by atoms with Gasteiger partial charge in [-0.1, -0.05) is 6.92 Å². The summed E-state index contributed by atoms with van der Waals surface area (Å²) in [5, 5.41) is 19.1. The van der Waals surface area contributed by atoms with Gasteiger partial charge < -0.3 is 19.7 Å². The SMILES string of the molecule is CCCC(=O)c1ccc(OCCCCOc2ccc(F)c(C(=O)O)c2)c(C)c1O. The number of aromatic hydroxyl groups is 1. The Morgan fingerprint density at radius 2 is 1.72 bits per heavy atom. The van der Waals surface area contributed by atoms with E-state index in [1.54, 1.807) is 19.1 Å². The van der Waals surface area contributed by atoms with Gasteiger partial charge in [0.25, 0.3) is 0 Å². The monoisotopic (exact) mass is 404 g/mol. The molecule has 0 aliphatic carbocycles. The van der Waals surface area contributed by atoms with Crippen molar-refractivity contribution in [2.75, 3.05) is 13.2 Å². The zero-order chi connectivity index (χ0) is 21.4. The first-order valence-corrected chi connectivity index (χ1v) is 9.49. The summed E-state index contributed by atoms with van der Waals surface area (Å²) >= 11 is 0. The van der Waals surface area contributed by atoms with Crippen LogP contribution in [0.15, 0.2) is 30.3 Å². The quantitative estimate of drug-likeness (QED) is 0.414. The summed E-state index contributed by atoms with van der Waals surface area (Å²) < 4.78 is 24.5. The Hall–Kier alpha value is -3.09. The standard InChI is InChI=1S/C22H25FO6/c1-3-6-19(24)16-8-10-20(14(2)21(16)25)29-12-5-4-11-28-15-7-9-18(23)17(13-15)22(26)27/h7-10,13,25H,3-6,11-12H2,1-2H3,(H,26,27). The van der Waals surface area contributed by atoms with Crippen molar-refractivity contribution >= 4 is 11.8 Å². The van der Waals surface area contributed by atoms with Crippen LogP contribution in [0.3, 0.4) is 0 Å². The van der Waals surface area contributed by atoms with E-state index >= 15 is 0 Å². The van der Waals surface area contributed by atoms with Crippen LogP contribution in [0.1, 0.15) is 58.9 Å². The lowest BCUT2D eigenvalue weighted by atomic mass is 10.0. The van der Waals surface area contributed by atoms with Crippen LogP contribution in [0.2, 0.25) is 0 Å². The average molecular weight is 404 g/mol. The second kappa shape index (κ2) is 10.5. The molecule has 0 amide bonds. The first-order valence-electron chi connectivity index (χ1n) is 9.49. The first kappa shape index (κ1) is 22.2. The minimum atomic E-state index is -1.35. The van der Waals surface area contributed by atoms with E-state index in [0.29, 0.717) is 55.8 Å². The number of unbranched alkanes of at least 4 members (excludes halogenated alkanes) is 1. The number of carboxylic acid groups (broad SMARTS) is 1. The number of carboxylic acids is 1. The van der Waals surface area contributed by atoms with Gasteiger partial charge in [-0.3, -0.25) is 4.79 Å². The molecule has 2 aromatic rings. The fourth-order valence-electron chi connectivity index (χ4n) is 2.76. The molecule has 0 saturated heterocycles. The second-order valence-corrected chi connectivity index (χ2v) is 6.61. The number of rotatable bonds is 11. The third-order valence-electron chi connectivity index (χ3n) is 4.39. The van der Waals surface area contributed by atoms with Crippen LogP contribution < -0.4 is 9.47 Å². The summed E-state index contributed by atoms with van der Waals surface area (Å²) in [4.78, 5) is 22.9. The van der Waals surface area contributed by atoms with Crippen LogP contribution in [0.5, 0.6) is 17.2 Å².